The highest BCUT2D eigenvalue weighted by atomic mass is 15.1. The molecule has 1 aromatic heterocycles. The predicted octanol–water partition coefficient (Wildman–Crippen LogP) is 1.74. The Bertz CT molecular complexity index is 445. The molecule has 0 saturated carbocycles. The molecule has 3 nitrogen and oxygen atoms in total. The number of rotatable bonds is 4. The van der Waals surface area contributed by atoms with Gasteiger partial charge in [-0.15, -0.1) is 0 Å². The molecule has 1 aromatic carbocycles. The Kier molecular flexibility index (Phi) is 3.37. The van der Waals surface area contributed by atoms with E-state index in [0.717, 1.165) is 24.5 Å². The molecule has 0 atom stereocenters. The van der Waals surface area contributed by atoms with Gasteiger partial charge in [-0.1, -0.05) is 30.3 Å². The zero-order chi connectivity index (χ0) is 11.4. The molecule has 0 aliphatic carbocycles. The zero-order valence-corrected chi connectivity index (χ0v) is 9.56. The topological polar surface area (TPSA) is 43.8 Å². The summed E-state index contributed by atoms with van der Waals surface area (Å²) in [6, 6.07) is 10.4. The third-order valence-corrected chi connectivity index (χ3v) is 2.62. The molecule has 2 aromatic rings. The van der Waals surface area contributed by atoms with Gasteiger partial charge in [-0.2, -0.15) is 0 Å². The summed E-state index contributed by atoms with van der Waals surface area (Å²) in [6.45, 7) is 3.56. The van der Waals surface area contributed by atoms with E-state index in [1.54, 1.807) is 0 Å². The van der Waals surface area contributed by atoms with E-state index in [1.165, 1.54) is 5.56 Å². The number of aromatic nitrogens is 2. The average molecular weight is 215 g/mol. The van der Waals surface area contributed by atoms with Gasteiger partial charge < -0.3 is 10.3 Å². The second kappa shape index (κ2) is 4.94. The summed E-state index contributed by atoms with van der Waals surface area (Å²) in [5.74, 6) is 1.05. The van der Waals surface area contributed by atoms with Crippen LogP contribution < -0.4 is 5.73 Å². The Morgan fingerprint density at radius 3 is 2.69 bits per heavy atom. The van der Waals surface area contributed by atoms with Crippen molar-refractivity contribution in [2.75, 3.05) is 6.54 Å². The minimum absolute atomic E-state index is 0.655. The molecular formula is C13H17N3. The van der Waals surface area contributed by atoms with Gasteiger partial charge in [0.2, 0.25) is 0 Å². The third kappa shape index (κ3) is 2.49. The van der Waals surface area contributed by atoms with Gasteiger partial charge in [-0.05, 0) is 19.0 Å². The molecule has 84 valence electrons. The predicted molar refractivity (Wildman–Crippen MR) is 65.3 cm³/mol. The lowest BCUT2D eigenvalue weighted by molar-refractivity contribution is 0.761. The lowest BCUT2D eigenvalue weighted by Crippen LogP contribution is -2.02. The molecule has 2 rings (SSSR count). The van der Waals surface area contributed by atoms with Crippen molar-refractivity contribution in [2.24, 2.45) is 5.73 Å². The van der Waals surface area contributed by atoms with Crippen LogP contribution in [0.5, 0.6) is 0 Å². The van der Waals surface area contributed by atoms with Gasteiger partial charge in [0.15, 0.2) is 0 Å². The van der Waals surface area contributed by atoms with Crippen LogP contribution in [-0.4, -0.2) is 16.1 Å². The lowest BCUT2D eigenvalue weighted by atomic mass is 10.2. The molecule has 2 N–H and O–H groups in total. The van der Waals surface area contributed by atoms with Gasteiger partial charge in [0, 0.05) is 19.2 Å². The first kappa shape index (κ1) is 10.9. The molecule has 0 radical (unpaired) electrons. The summed E-state index contributed by atoms with van der Waals surface area (Å²) in [5, 5.41) is 0. The normalized spacial score (nSPS) is 10.6. The minimum atomic E-state index is 0.655. The van der Waals surface area contributed by atoms with Crippen LogP contribution in [0.2, 0.25) is 0 Å². The largest absolute Gasteiger partial charge is 0.330 e. The van der Waals surface area contributed by atoms with Crippen LogP contribution in [0.1, 0.15) is 17.1 Å². The van der Waals surface area contributed by atoms with Crippen molar-refractivity contribution in [3.8, 4) is 0 Å². The number of nitrogens with zero attached hydrogens (tertiary/aromatic N) is 2. The fraction of sp³-hybridized carbons (Fsp3) is 0.308. The fourth-order valence-corrected chi connectivity index (χ4v) is 1.78. The van der Waals surface area contributed by atoms with E-state index >= 15 is 0 Å². The highest BCUT2D eigenvalue weighted by Crippen LogP contribution is 2.07. The maximum Gasteiger partial charge on any atom is 0.106 e. The number of hydrogen-bond acceptors (Lipinski definition) is 2. The summed E-state index contributed by atoms with van der Waals surface area (Å²) >= 11 is 0. The molecule has 1 heterocycles. The smallest absolute Gasteiger partial charge is 0.106 e. The molecule has 0 amide bonds. The summed E-state index contributed by atoms with van der Waals surface area (Å²) < 4.78 is 2.17. The third-order valence-electron chi connectivity index (χ3n) is 2.62. The van der Waals surface area contributed by atoms with Gasteiger partial charge in [-0.25, -0.2) is 4.98 Å². The van der Waals surface area contributed by atoms with Gasteiger partial charge in [0.05, 0.1) is 5.69 Å². The highest BCUT2D eigenvalue weighted by Gasteiger charge is 2.03. The van der Waals surface area contributed by atoms with Crippen LogP contribution in [0.25, 0.3) is 0 Å². The Labute approximate surface area is 95.9 Å². The van der Waals surface area contributed by atoms with E-state index in [9.17, 15) is 0 Å². The Hall–Kier alpha value is -1.61. The van der Waals surface area contributed by atoms with E-state index in [2.05, 4.69) is 40.0 Å². The average Bonchev–Trinajstić information content (AvgIpc) is 2.61. The van der Waals surface area contributed by atoms with Gasteiger partial charge in [0.25, 0.3) is 0 Å². The van der Waals surface area contributed by atoms with Crippen LogP contribution in [0, 0.1) is 6.92 Å². The van der Waals surface area contributed by atoms with Crippen LogP contribution >= 0.6 is 0 Å². The van der Waals surface area contributed by atoms with E-state index in [0.29, 0.717) is 6.54 Å². The molecular weight excluding hydrogens is 198 g/mol. The standard InChI is InChI=1S/C13H17N3/c1-11-15-13(7-8-14)10-16(11)9-12-5-3-2-4-6-12/h2-6,10H,7-9,14H2,1H3. The van der Waals surface area contributed by atoms with Crippen molar-refractivity contribution in [1.82, 2.24) is 9.55 Å². The number of benzene rings is 1. The molecule has 0 spiro atoms. The summed E-state index contributed by atoms with van der Waals surface area (Å²) in [5.41, 5.74) is 7.90. The van der Waals surface area contributed by atoms with Gasteiger partial charge in [0.1, 0.15) is 5.82 Å². The SMILES string of the molecule is Cc1nc(CCN)cn1Cc1ccccc1. The van der Waals surface area contributed by atoms with Crippen molar-refractivity contribution < 1.29 is 0 Å². The monoisotopic (exact) mass is 215 g/mol. The van der Waals surface area contributed by atoms with Crippen LogP contribution in [-0.2, 0) is 13.0 Å². The van der Waals surface area contributed by atoms with Crippen molar-refractivity contribution in [1.29, 1.82) is 0 Å². The van der Waals surface area contributed by atoms with Crippen molar-refractivity contribution in [3.05, 3.63) is 53.6 Å². The molecule has 0 aliphatic rings. The first-order valence-corrected chi connectivity index (χ1v) is 5.56. The Morgan fingerprint density at radius 2 is 2.00 bits per heavy atom. The van der Waals surface area contributed by atoms with E-state index < -0.39 is 0 Å². The molecule has 0 unspecified atom stereocenters. The molecule has 3 heteroatoms. The van der Waals surface area contributed by atoms with Crippen molar-refractivity contribution in [2.45, 2.75) is 19.9 Å². The molecule has 0 saturated heterocycles. The zero-order valence-electron chi connectivity index (χ0n) is 9.56. The fourth-order valence-electron chi connectivity index (χ4n) is 1.78. The van der Waals surface area contributed by atoms with Crippen molar-refractivity contribution in [3.63, 3.8) is 0 Å². The molecule has 0 fully saturated rings. The second-order valence-corrected chi connectivity index (χ2v) is 3.93. The molecule has 16 heavy (non-hydrogen) atoms. The quantitative estimate of drug-likeness (QED) is 0.844. The lowest BCUT2D eigenvalue weighted by Gasteiger charge is -2.04. The Balaban J connectivity index is 2.15. The van der Waals surface area contributed by atoms with Crippen LogP contribution in [0.3, 0.4) is 0 Å². The summed E-state index contributed by atoms with van der Waals surface area (Å²) in [7, 11) is 0. The maximum absolute atomic E-state index is 5.52. The van der Waals surface area contributed by atoms with Crippen molar-refractivity contribution >= 4 is 0 Å². The maximum atomic E-state index is 5.52. The molecule has 0 bridgehead atoms. The number of imidazole rings is 1. The number of aryl methyl sites for hydroxylation is 1. The Morgan fingerprint density at radius 1 is 1.25 bits per heavy atom. The van der Waals surface area contributed by atoms with Crippen LogP contribution in [0.4, 0.5) is 0 Å². The molecule has 0 aliphatic heterocycles. The highest BCUT2D eigenvalue weighted by molar-refractivity contribution is 5.16. The summed E-state index contributed by atoms with van der Waals surface area (Å²) in [6.07, 6.45) is 2.94. The number of hydrogen-bond donors (Lipinski definition) is 1. The van der Waals surface area contributed by atoms with E-state index in [4.69, 9.17) is 5.73 Å². The number of nitrogens with two attached hydrogens (primary N) is 1. The minimum Gasteiger partial charge on any atom is -0.330 e. The van der Waals surface area contributed by atoms with E-state index in [1.807, 2.05) is 13.0 Å². The second-order valence-electron chi connectivity index (χ2n) is 3.93. The first-order chi connectivity index (χ1) is 7.79. The first-order valence-electron chi connectivity index (χ1n) is 5.56. The van der Waals surface area contributed by atoms with Gasteiger partial charge >= 0.3 is 0 Å². The summed E-state index contributed by atoms with van der Waals surface area (Å²) in [4.78, 5) is 4.48. The van der Waals surface area contributed by atoms with Gasteiger partial charge in [-0.3, -0.25) is 0 Å². The van der Waals surface area contributed by atoms with E-state index in [-0.39, 0.29) is 0 Å². The van der Waals surface area contributed by atoms with Crippen LogP contribution in [0.15, 0.2) is 36.5 Å².